The molecule has 1 aliphatic heterocycles. The summed E-state index contributed by atoms with van der Waals surface area (Å²) in [6.45, 7) is 1.21. The minimum absolute atomic E-state index is 0.0975. The van der Waals surface area contributed by atoms with E-state index in [2.05, 4.69) is 0 Å². The zero-order chi connectivity index (χ0) is 6.97. The Hall–Kier alpha value is -0.410. The summed E-state index contributed by atoms with van der Waals surface area (Å²) >= 11 is 1.50. The van der Waals surface area contributed by atoms with Gasteiger partial charge in [-0.3, -0.25) is 0 Å². The van der Waals surface area contributed by atoms with Crippen LogP contribution in [0, 0.1) is 5.82 Å². The van der Waals surface area contributed by atoms with Crippen molar-refractivity contribution in [2.75, 3.05) is 6.61 Å². The average molecular weight is 158 g/mol. The first-order chi connectivity index (χ1) is 4.88. The van der Waals surface area contributed by atoms with E-state index in [0.29, 0.717) is 6.61 Å². The van der Waals surface area contributed by atoms with Crippen molar-refractivity contribution in [3.63, 3.8) is 0 Å². The molecule has 0 radical (unpaired) electrons. The topological polar surface area (TPSA) is 9.23 Å². The molecular weight excluding hydrogens is 151 g/mol. The van der Waals surface area contributed by atoms with Gasteiger partial charge in [0.1, 0.15) is 5.82 Å². The predicted molar refractivity (Wildman–Crippen MR) is 37.6 cm³/mol. The number of halogens is 1. The summed E-state index contributed by atoms with van der Waals surface area (Å²) in [6.07, 6.45) is 0.879. The molecule has 0 amide bonds. The van der Waals surface area contributed by atoms with E-state index in [-0.39, 0.29) is 5.82 Å². The van der Waals surface area contributed by atoms with E-state index in [1.165, 1.54) is 11.3 Å². The van der Waals surface area contributed by atoms with Crippen LogP contribution in [-0.4, -0.2) is 6.61 Å². The van der Waals surface area contributed by atoms with E-state index in [4.69, 9.17) is 4.74 Å². The largest absolute Gasteiger partial charge is 0.376 e. The quantitative estimate of drug-likeness (QED) is 0.560. The molecule has 1 aromatic rings. The summed E-state index contributed by atoms with van der Waals surface area (Å²) in [6, 6.07) is 0. The maximum Gasteiger partial charge on any atom is 0.139 e. The highest BCUT2D eigenvalue weighted by Crippen LogP contribution is 2.25. The summed E-state index contributed by atoms with van der Waals surface area (Å²) in [5, 5.41) is 1.55. The number of fused-ring (bicyclic) bond motifs is 1. The van der Waals surface area contributed by atoms with E-state index < -0.39 is 0 Å². The molecule has 0 bridgehead atoms. The second kappa shape index (κ2) is 2.32. The molecule has 3 heteroatoms. The summed E-state index contributed by atoms with van der Waals surface area (Å²) < 4.78 is 17.9. The molecule has 10 heavy (non-hydrogen) atoms. The molecule has 0 atom stereocenters. The van der Waals surface area contributed by atoms with Crippen molar-refractivity contribution in [3.05, 3.63) is 21.6 Å². The smallest absolute Gasteiger partial charge is 0.139 e. The molecule has 1 aromatic heterocycles. The zero-order valence-corrected chi connectivity index (χ0v) is 6.21. The standard InChI is InChI=1S/C7H7FOS/c8-6-4-10-7-1-2-9-3-5(6)7/h4H,1-3H2. The van der Waals surface area contributed by atoms with Crippen LogP contribution in [-0.2, 0) is 17.8 Å². The fourth-order valence-corrected chi connectivity index (χ4v) is 1.98. The van der Waals surface area contributed by atoms with Crippen LogP contribution in [0.5, 0.6) is 0 Å². The number of hydrogen-bond donors (Lipinski definition) is 0. The highest BCUT2D eigenvalue weighted by Gasteiger charge is 2.15. The Labute approximate surface area is 62.4 Å². The van der Waals surface area contributed by atoms with Gasteiger partial charge in [0.25, 0.3) is 0 Å². The maximum absolute atomic E-state index is 12.8. The molecule has 0 aliphatic carbocycles. The van der Waals surface area contributed by atoms with Crippen LogP contribution in [0.1, 0.15) is 10.4 Å². The molecular formula is C7H7FOS. The molecule has 2 rings (SSSR count). The Morgan fingerprint density at radius 1 is 1.60 bits per heavy atom. The molecule has 1 nitrogen and oxygen atoms in total. The van der Waals surface area contributed by atoms with E-state index in [1.54, 1.807) is 5.38 Å². The van der Waals surface area contributed by atoms with Crippen LogP contribution >= 0.6 is 11.3 Å². The zero-order valence-electron chi connectivity index (χ0n) is 5.39. The molecule has 0 saturated carbocycles. The highest BCUT2D eigenvalue weighted by molar-refractivity contribution is 7.10. The lowest BCUT2D eigenvalue weighted by Crippen LogP contribution is -2.07. The van der Waals surface area contributed by atoms with Gasteiger partial charge in [-0.25, -0.2) is 4.39 Å². The van der Waals surface area contributed by atoms with Crippen LogP contribution in [0.15, 0.2) is 5.38 Å². The lowest BCUT2D eigenvalue weighted by Gasteiger charge is -2.10. The Bertz CT molecular complexity index is 244. The first kappa shape index (κ1) is 6.31. The third-order valence-electron chi connectivity index (χ3n) is 1.65. The molecule has 0 saturated heterocycles. The van der Waals surface area contributed by atoms with Gasteiger partial charge in [0, 0.05) is 22.2 Å². The van der Waals surface area contributed by atoms with Crippen LogP contribution in [0.3, 0.4) is 0 Å². The predicted octanol–water partition coefficient (Wildman–Crippen LogP) is 1.96. The van der Waals surface area contributed by atoms with Crippen LogP contribution in [0.4, 0.5) is 4.39 Å². The monoisotopic (exact) mass is 158 g/mol. The van der Waals surface area contributed by atoms with Gasteiger partial charge >= 0.3 is 0 Å². The van der Waals surface area contributed by atoms with Crippen molar-refractivity contribution in [1.29, 1.82) is 0 Å². The summed E-state index contributed by atoms with van der Waals surface area (Å²) in [7, 11) is 0. The Morgan fingerprint density at radius 3 is 3.30 bits per heavy atom. The molecule has 2 heterocycles. The van der Waals surface area contributed by atoms with Crippen molar-refractivity contribution < 1.29 is 9.13 Å². The van der Waals surface area contributed by atoms with Crippen molar-refractivity contribution in [3.8, 4) is 0 Å². The van der Waals surface area contributed by atoms with E-state index in [9.17, 15) is 4.39 Å². The maximum atomic E-state index is 12.8. The Kier molecular flexibility index (Phi) is 1.47. The fraction of sp³-hybridized carbons (Fsp3) is 0.429. The van der Waals surface area contributed by atoms with Gasteiger partial charge in [-0.05, 0) is 0 Å². The fourth-order valence-electron chi connectivity index (χ4n) is 1.10. The first-order valence-electron chi connectivity index (χ1n) is 3.20. The average Bonchev–Trinajstić information content (AvgIpc) is 2.34. The van der Waals surface area contributed by atoms with E-state index in [1.807, 2.05) is 0 Å². The normalized spacial score (nSPS) is 16.9. The molecule has 54 valence electrons. The molecule has 0 spiro atoms. The number of thiophene rings is 1. The second-order valence-corrected chi connectivity index (χ2v) is 3.25. The molecule has 1 aliphatic rings. The molecule has 0 fully saturated rings. The number of rotatable bonds is 0. The van der Waals surface area contributed by atoms with Crippen LogP contribution < -0.4 is 0 Å². The van der Waals surface area contributed by atoms with E-state index in [0.717, 1.165) is 23.5 Å². The third-order valence-corrected chi connectivity index (χ3v) is 2.71. The van der Waals surface area contributed by atoms with Crippen molar-refractivity contribution in [2.45, 2.75) is 13.0 Å². The van der Waals surface area contributed by atoms with Gasteiger partial charge < -0.3 is 4.74 Å². The SMILES string of the molecule is Fc1csc2c1COCC2. The lowest BCUT2D eigenvalue weighted by molar-refractivity contribution is 0.109. The van der Waals surface area contributed by atoms with Gasteiger partial charge in [-0.15, -0.1) is 11.3 Å². The van der Waals surface area contributed by atoms with Gasteiger partial charge in [0.05, 0.1) is 13.2 Å². The summed E-state index contributed by atoms with van der Waals surface area (Å²) in [5.74, 6) is -0.0975. The molecule has 0 N–H and O–H groups in total. The minimum Gasteiger partial charge on any atom is -0.376 e. The highest BCUT2D eigenvalue weighted by atomic mass is 32.1. The van der Waals surface area contributed by atoms with Crippen molar-refractivity contribution >= 4 is 11.3 Å². The molecule has 0 aromatic carbocycles. The lowest BCUT2D eigenvalue weighted by atomic mass is 10.2. The third kappa shape index (κ3) is 0.859. The van der Waals surface area contributed by atoms with Gasteiger partial charge in [0.15, 0.2) is 0 Å². The molecule has 0 unspecified atom stereocenters. The van der Waals surface area contributed by atoms with Gasteiger partial charge in [-0.2, -0.15) is 0 Å². The number of ether oxygens (including phenoxy) is 1. The van der Waals surface area contributed by atoms with Crippen LogP contribution in [0.2, 0.25) is 0 Å². The number of hydrogen-bond acceptors (Lipinski definition) is 2. The Balaban J connectivity index is 2.45. The van der Waals surface area contributed by atoms with E-state index >= 15 is 0 Å². The van der Waals surface area contributed by atoms with Gasteiger partial charge in [-0.1, -0.05) is 0 Å². The van der Waals surface area contributed by atoms with Crippen LogP contribution in [0.25, 0.3) is 0 Å². The first-order valence-corrected chi connectivity index (χ1v) is 4.08. The van der Waals surface area contributed by atoms with Crippen molar-refractivity contribution in [1.82, 2.24) is 0 Å². The summed E-state index contributed by atoms with van der Waals surface area (Å²) in [5.41, 5.74) is 0.774. The van der Waals surface area contributed by atoms with Gasteiger partial charge in [0.2, 0.25) is 0 Å². The minimum atomic E-state index is -0.0975. The summed E-state index contributed by atoms with van der Waals surface area (Å²) in [4.78, 5) is 1.16. The Morgan fingerprint density at radius 2 is 2.50 bits per heavy atom. The van der Waals surface area contributed by atoms with Crippen molar-refractivity contribution in [2.24, 2.45) is 0 Å². The second-order valence-electron chi connectivity index (χ2n) is 2.29.